The van der Waals surface area contributed by atoms with Crippen LogP contribution < -0.4 is 21.3 Å². The van der Waals surface area contributed by atoms with E-state index in [-0.39, 0.29) is 0 Å². The summed E-state index contributed by atoms with van der Waals surface area (Å²) in [6, 6.07) is 12.8. The molecule has 3 rings (SSSR count). The molecular formula is C18H23N5. The summed E-state index contributed by atoms with van der Waals surface area (Å²) in [5.41, 5.74) is 8.99. The fourth-order valence-corrected chi connectivity index (χ4v) is 2.78. The second-order valence-corrected chi connectivity index (χ2v) is 5.67. The molecule has 23 heavy (non-hydrogen) atoms. The maximum absolute atomic E-state index is 5.77. The minimum atomic E-state index is 0.703. The zero-order chi connectivity index (χ0) is 16.2. The lowest BCUT2D eigenvalue weighted by Gasteiger charge is -2.33. The molecule has 0 aliphatic carbocycles. The Morgan fingerprint density at radius 1 is 1.35 bits per heavy atom. The largest absolute Gasteiger partial charge is 0.403 e. The Kier molecular flexibility index (Phi) is 4.48. The first-order chi connectivity index (χ1) is 11.2. The number of anilines is 2. The molecule has 0 aromatic heterocycles. The van der Waals surface area contributed by atoms with Crippen LogP contribution in [0.2, 0.25) is 0 Å². The van der Waals surface area contributed by atoms with Crippen LogP contribution in [0, 0.1) is 0 Å². The van der Waals surface area contributed by atoms with Crippen LogP contribution in [0.25, 0.3) is 10.8 Å². The smallest absolute Gasteiger partial charge is 0.121 e. The van der Waals surface area contributed by atoms with Gasteiger partial charge in [-0.05, 0) is 36.9 Å². The van der Waals surface area contributed by atoms with Crippen molar-refractivity contribution in [3.63, 3.8) is 0 Å². The molecule has 2 aromatic rings. The van der Waals surface area contributed by atoms with E-state index in [2.05, 4.69) is 56.9 Å². The van der Waals surface area contributed by atoms with Crippen molar-refractivity contribution >= 4 is 28.0 Å². The molecule has 0 amide bonds. The van der Waals surface area contributed by atoms with E-state index in [0.717, 1.165) is 36.0 Å². The quantitative estimate of drug-likeness (QED) is 0.759. The third-order valence-electron chi connectivity index (χ3n) is 4.07. The zero-order valence-corrected chi connectivity index (χ0v) is 13.6. The third-order valence-corrected chi connectivity index (χ3v) is 4.07. The Balaban J connectivity index is 2.04. The van der Waals surface area contributed by atoms with Gasteiger partial charge in [0.1, 0.15) is 5.84 Å². The molecule has 0 bridgehead atoms. The molecule has 0 saturated carbocycles. The highest BCUT2D eigenvalue weighted by atomic mass is 15.2. The van der Waals surface area contributed by atoms with E-state index in [4.69, 9.17) is 5.73 Å². The van der Waals surface area contributed by atoms with E-state index in [0.29, 0.717) is 6.54 Å². The summed E-state index contributed by atoms with van der Waals surface area (Å²) in [7, 11) is 1.93. The summed E-state index contributed by atoms with van der Waals surface area (Å²) in [5.74, 6) is 0.962. The first kappa shape index (κ1) is 15.4. The summed E-state index contributed by atoms with van der Waals surface area (Å²) < 4.78 is 0. The molecule has 1 aliphatic rings. The predicted molar refractivity (Wildman–Crippen MR) is 99.1 cm³/mol. The molecule has 5 nitrogen and oxygen atoms in total. The second-order valence-electron chi connectivity index (χ2n) is 5.67. The Morgan fingerprint density at radius 3 is 2.78 bits per heavy atom. The maximum atomic E-state index is 5.77. The summed E-state index contributed by atoms with van der Waals surface area (Å²) in [5, 5.41) is 9.02. The van der Waals surface area contributed by atoms with E-state index < -0.39 is 0 Å². The minimum Gasteiger partial charge on any atom is -0.403 e. The number of nitrogens with two attached hydrogens (primary N) is 1. The number of nitrogens with zero attached hydrogens (tertiary/aromatic N) is 2. The molecule has 1 heterocycles. The molecule has 5 heteroatoms. The topological polar surface area (TPSA) is 65.7 Å². The number of amidine groups is 1. The summed E-state index contributed by atoms with van der Waals surface area (Å²) in [4.78, 5) is 6.86. The summed E-state index contributed by atoms with van der Waals surface area (Å²) in [6.45, 7) is 4.34. The maximum Gasteiger partial charge on any atom is 0.121 e. The second kappa shape index (κ2) is 6.71. The van der Waals surface area contributed by atoms with Crippen LogP contribution in [0.1, 0.15) is 6.92 Å². The van der Waals surface area contributed by atoms with Crippen molar-refractivity contribution < 1.29 is 0 Å². The Morgan fingerprint density at radius 2 is 2.09 bits per heavy atom. The molecule has 2 aromatic carbocycles. The number of hydrogen-bond donors (Lipinski definition) is 3. The van der Waals surface area contributed by atoms with Crippen molar-refractivity contribution in [2.24, 2.45) is 10.7 Å². The van der Waals surface area contributed by atoms with E-state index in [1.54, 1.807) is 6.20 Å². The summed E-state index contributed by atoms with van der Waals surface area (Å²) in [6.07, 6.45) is 1.65. The first-order valence-electron chi connectivity index (χ1n) is 7.86. The number of aliphatic imine (C=N–C) groups is 1. The van der Waals surface area contributed by atoms with Crippen LogP contribution in [0.4, 0.5) is 11.4 Å². The van der Waals surface area contributed by atoms with E-state index >= 15 is 0 Å². The normalized spacial score (nSPS) is 16.5. The molecule has 0 spiro atoms. The van der Waals surface area contributed by atoms with Gasteiger partial charge in [-0.2, -0.15) is 0 Å². The molecule has 0 fully saturated rings. The average Bonchev–Trinajstić information content (AvgIpc) is 2.59. The Bertz CT molecular complexity index is 763. The van der Waals surface area contributed by atoms with Gasteiger partial charge in [0.05, 0.1) is 24.5 Å². The van der Waals surface area contributed by atoms with Gasteiger partial charge >= 0.3 is 0 Å². The number of allylic oxidation sites excluding steroid dienone is 1. The fourth-order valence-electron chi connectivity index (χ4n) is 2.78. The van der Waals surface area contributed by atoms with Crippen LogP contribution in [-0.4, -0.2) is 32.5 Å². The van der Waals surface area contributed by atoms with E-state index in [9.17, 15) is 0 Å². The van der Waals surface area contributed by atoms with Crippen molar-refractivity contribution in [2.75, 3.05) is 36.9 Å². The van der Waals surface area contributed by atoms with E-state index in [1.165, 1.54) is 10.8 Å². The van der Waals surface area contributed by atoms with Crippen LogP contribution in [0.5, 0.6) is 0 Å². The molecule has 4 N–H and O–H groups in total. The molecule has 0 radical (unpaired) electrons. The van der Waals surface area contributed by atoms with E-state index in [1.807, 2.05) is 14.0 Å². The number of likely N-dealkylation sites (N-methyl/N-ethyl adjacent to an activating group) is 1. The highest BCUT2D eigenvalue weighted by Crippen LogP contribution is 2.35. The average molecular weight is 309 g/mol. The summed E-state index contributed by atoms with van der Waals surface area (Å²) >= 11 is 0. The highest BCUT2D eigenvalue weighted by molar-refractivity contribution is 6.08. The van der Waals surface area contributed by atoms with Crippen LogP contribution in [-0.2, 0) is 0 Å². The highest BCUT2D eigenvalue weighted by Gasteiger charge is 2.22. The van der Waals surface area contributed by atoms with Gasteiger partial charge in [0.2, 0.25) is 0 Å². The minimum absolute atomic E-state index is 0.703. The van der Waals surface area contributed by atoms with Crippen molar-refractivity contribution in [2.45, 2.75) is 6.92 Å². The number of hydrogen-bond acceptors (Lipinski definition) is 4. The lowest BCUT2D eigenvalue weighted by Crippen LogP contribution is -2.38. The van der Waals surface area contributed by atoms with Crippen molar-refractivity contribution in [1.29, 1.82) is 0 Å². The van der Waals surface area contributed by atoms with Crippen LogP contribution >= 0.6 is 0 Å². The number of benzene rings is 2. The number of nitrogens with one attached hydrogen (secondary N) is 2. The lowest BCUT2D eigenvalue weighted by atomic mass is 10.1. The number of rotatable bonds is 4. The van der Waals surface area contributed by atoms with Crippen molar-refractivity contribution in [3.8, 4) is 0 Å². The van der Waals surface area contributed by atoms with Gasteiger partial charge in [-0.3, -0.25) is 4.99 Å². The Labute approximate surface area is 136 Å². The van der Waals surface area contributed by atoms with Gasteiger partial charge in [-0.1, -0.05) is 24.3 Å². The lowest BCUT2D eigenvalue weighted by molar-refractivity contribution is 0.800. The Hall–Kier alpha value is -2.53. The third kappa shape index (κ3) is 3.14. The zero-order valence-electron chi connectivity index (χ0n) is 13.6. The molecule has 0 unspecified atom stereocenters. The molecule has 120 valence electrons. The SMILES string of the molecule is CNCCN=C1CN(/C(C)=C\N)c2cc3ccccc3cc2N1. The fraction of sp³-hybridized carbons (Fsp3) is 0.278. The standard InChI is InChI=1S/C18H23N5/c1-13(11-19)23-12-18(21-8-7-20-2)22-16-9-14-5-3-4-6-15(14)10-17(16)23/h3-6,9-11,20H,7-8,12,19H2,1-2H3,(H,21,22)/b13-11-. The molecule has 0 saturated heterocycles. The van der Waals surface area contributed by atoms with Gasteiger partial charge in [0.15, 0.2) is 0 Å². The van der Waals surface area contributed by atoms with Crippen LogP contribution in [0.3, 0.4) is 0 Å². The van der Waals surface area contributed by atoms with Gasteiger partial charge in [-0.15, -0.1) is 0 Å². The monoisotopic (exact) mass is 309 g/mol. The molecular weight excluding hydrogens is 286 g/mol. The number of fused-ring (bicyclic) bond motifs is 2. The van der Waals surface area contributed by atoms with Gasteiger partial charge in [0, 0.05) is 18.4 Å². The van der Waals surface area contributed by atoms with Gasteiger partial charge < -0.3 is 21.3 Å². The molecule has 0 atom stereocenters. The van der Waals surface area contributed by atoms with Crippen molar-refractivity contribution in [3.05, 3.63) is 48.3 Å². The van der Waals surface area contributed by atoms with Gasteiger partial charge in [-0.25, -0.2) is 0 Å². The molecule has 1 aliphatic heterocycles. The predicted octanol–water partition coefficient (Wildman–Crippen LogP) is 2.51. The first-order valence-corrected chi connectivity index (χ1v) is 7.86. The van der Waals surface area contributed by atoms with Crippen LogP contribution in [0.15, 0.2) is 53.3 Å². The van der Waals surface area contributed by atoms with Crippen molar-refractivity contribution in [1.82, 2.24) is 5.32 Å². The van der Waals surface area contributed by atoms with Gasteiger partial charge in [0.25, 0.3) is 0 Å².